The zero-order valence-electron chi connectivity index (χ0n) is 74.3. The number of terminal acetylenes is 2. The highest BCUT2D eigenvalue weighted by molar-refractivity contribution is 14.1. The van der Waals surface area contributed by atoms with E-state index in [2.05, 4.69) is 261 Å². The van der Waals surface area contributed by atoms with Gasteiger partial charge in [0.05, 0.1) is 46.7 Å². The van der Waals surface area contributed by atoms with Crippen LogP contribution in [0.4, 0.5) is 59.1 Å². The van der Waals surface area contributed by atoms with Crippen molar-refractivity contribution in [2.75, 3.05) is 223 Å². The summed E-state index contributed by atoms with van der Waals surface area (Å²) < 4.78 is 52.7. The van der Waals surface area contributed by atoms with Gasteiger partial charge >= 0.3 is 0 Å². The van der Waals surface area contributed by atoms with Crippen molar-refractivity contribution in [1.82, 2.24) is 54.7 Å². The number of halogens is 12. The molecule has 35 heteroatoms. The van der Waals surface area contributed by atoms with Crippen molar-refractivity contribution in [3.05, 3.63) is 267 Å². The number of nitrogens with zero attached hydrogens (tertiary/aromatic N) is 13. The highest BCUT2D eigenvalue weighted by Crippen LogP contribution is 2.39. The summed E-state index contributed by atoms with van der Waals surface area (Å²) in [6, 6.07) is 52.5. The van der Waals surface area contributed by atoms with E-state index in [0.29, 0.717) is 67.2 Å². The lowest BCUT2D eigenvalue weighted by molar-refractivity contribution is -0.111. The fraction of sp³-hybridized carbons (Fsp3) is 0.295. The molecule has 0 aliphatic carbocycles. The van der Waals surface area contributed by atoms with Gasteiger partial charge in [0.15, 0.2) is 5.75 Å². The molecule has 0 atom stereocenters. The van der Waals surface area contributed by atoms with Crippen molar-refractivity contribution >= 4 is 211 Å². The quantitative estimate of drug-likeness (QED) is 0.0304. The number of H-pyrrole nitrogens is 1. The van der Waals surface area contributed by atoms with Crippen molar-refractivity contribution in [3.63, 3.8) is 0 Å². The number of likely N-dealkylation sites (N-methyl/N-ethyl adjacent to an activating group) is 5. The van der Waals surface area contributed by atoms with Crippen LogP contribution in [0, 0.1) is 34.1 Å². The van der Waals surface area contributed by atoms with Crippen LogP contribution in [0.1, 0.15) is 42.0 Å². The number of carbonyl (C=O) groups is 3. The summed E-state index contributed by atoms with van der Waals surface area (Å²) in [5.74, 6) is 7.21. The molecule has 0 unspecified atom stereocenters. The number of rotatable bonds is 11. The Kier molecular flexibility index (Phi) is 53.5. The maximum absolute atomic E-state index is 12.1. The van der Waals surface area contributed by atoms with Gasteiger partial charge in [-0.2, -0.15) is 0 Å². The highest BCUT2D eigenvalue weighted by atomic mass is 127. The number of nitrogen functional groups attached to an aromatic ring is 3. The minimum absolute atomic E-state index is 0. The van der Waals surface area contributed by atoms with E-state index in [1.54, 1.807) is 70.3 Å². The monoisotopic (exact) mass is 2270 g/mol. The number of alkyl halides is 2. The normalized spacial score (nSPS) is 14.2. The van der Waals surface area contributed by atoms with Crippen molar-refractivity contribution in [1.29, 1.82) is 0 Å². The van der Waals surface area contributed by atoms with Crippen LogP contribution >= 0.6 is 136 Å². The van der Waals surface area contributed by atoms with Gasteiger partial charge in [-0.1, -0.05) is 94.8 Å². The van der Waals surface area contributed by atoms with Gasteiger partial charge < -0.3 is 81.7 Å². The second-order valence-corrected chi connectivity index (χ2v) is 33.6. The fourth-order valence-corrected chi connectivity index (χ4v) is 14.3. The molecule has 0 radical (unpaired) electrons. The SMILES string of the molecule is C.C#Cc1ccc(N2CCN(C)CC2)cc1.C#Cc1ccc(N2CCN(C)CC2)cc1.C=CC(=O)Nc1cccc(Oc2c(Cl)cnc3[nH]c(-c4ccc(N5CCN(C)CC5)cc4)cc23)c1.CN1CCN(c2ccc(C=O)cc2)CC1.CN1CCNCC1.ClI.Nc1cc(Br)c(Cl)cn1.Nc1cc(Br)ccn1.Nc1ncc(Cl)c(Br)c1I.O=Cc1ccc(F)cc1.[2H]CF.[2H]CF. The number of hydrogen-bond acceptors (Lipinski definition) is 21. The van der Waals surface area contributed by atoms with Crippen molar-refractivity contribution < 1.29 is 35.0 Å². The Balaban J connectivity index is 0.000000324. The van der Waals surface area contributed by atoms with Crippen LogP contribution < -0.4 is 52.2 Å². The maximum Gasteiger partial charge on any atom is 0.247 e. The Morgan fingerprint density at radius 1 is 0.554 bits per heavy atom. The summed E-state index contributed by atoms with van der Waals surface area (Å²) in [5, 5.41) is 8.33. The molecule has 5 fully saturated rings. The second kappa shape index (κ2) is 63.3. The number of carbonyl (C=O) groups excluding carboxylic acids is 3. The molecule has 23 nitrogen and oxygen atoms in total. The number of hydrogen-bond donors (Lipinski definition) is 6. The van der Waals surface area contributed by atoms with E-state index in [-0.39, 0.29) is 19.2 Å². The average Bonchev–Trinajstić information content (AvgIpc) is 1.63. The molecule has 10 heterocycles. The van der Waals surface area contributed by atoms with Crippen LogP contribution in [-0.2, 0) is 4.79 Å². The summed E-state index contributed by atoms with van der Waals surface area (Å²) in [6.07, 6.45) is 19.7. The van der Waals surface area contributed by atoms with Crippen LogP contribution in [0.3, 0.4) is 0 Å². The number of amides is 1. The molecule has 6 aromatic carbocycles. The number of pyridine rings is 4. The van der Waals surface area contributed by atoms with E-state index < -0.39 is 14.3 Å². The van der Waals surface area contributed by atoms with Crippen LogP contribution in [0.5, 0.6) is 11.5 Å². The summed E-state index contributed by atoms with van der Waals surface area (Å²) in [7, 11) is 13.4. The van der Waals surface area contributed by atoms with E-state index in [1.807, 2.05) is 60.7 Å². The molecule has 5 aliphatic heterocycles. The Bertz CT molecular complexity index is 5170. The molecule has 0 saturated carbocycles. The first-order valence-corrected chi connectivity index (χ1v) is 47.4. The second-order valence-electron chi connectivity index (χ2n) is 28.8. The molecule has 0 bridgehead atoms. The largest absolute Gasteiger partial charge is 0.455 e. The van der Waals surface area contributed by atoms with E-state index in [0.717, 1.165) is 174 Å². The molecular formula is C95H113Br3Cl4F3I2N19O4. The van der Waals surface area contributed by atoms with Crippen LogP contribution in [0.25, 0.3) is 22.3 Å². The van der Waals surface area contributed by atoms with Crippen LogP contribution in [0.15, 0.2) is 221 Å². The topological polar surface area (TPSA) is 259 Å². The van der Waals surface area contributed by atoms with Gasteiger partial charge in [0.1, 0.15) is 52.3 Å². The number of fused-ring (bicyclic) bond motifs is 1. The number of ether oxygens (including phenoxy) is 1. The molecule has 5 saturated heterocycles. The molecule has 130 heavy (non-hydrogen) atoms. The van der Waals surface area contributed by atoms with E-state index in [9.17, 15) is 27.6 Å². The summed E-state index contributed by atoms with van der Waals surface area (Å²) in [4.78, 5) is 72.6. The first-order valence-electron chi connectivity index (χ1n) is 41.5. The van der Waals surface area contributed by atoms with E-state index >= 15 is 0 Å². The lowest BCUT2D eigenvalue weighted by Crippen LogP contribution is -2.44. The van der Waals surface area contributed by atoms with Gasteiger partial charge in [0.2, 0.25) is 5.91 Å². The molecule has 1 amide bonds. The molecule has 11 aromatic rings. The Hall–Kier alpha value is -8.86. The zero-order valence-corrected chi connectivity index (χ0v) is 84.4. The summed E-state index contributed by atoms with van der Waals surface area (Å²) in [5.41, 5.74) is 27.5. The molecule has 9 N–H and O–H groups in total. The van der Waals surface area contributed by atoms with Gasteiger partial charge in [-0.25, -0.2) is 24.3 Å². The lowest BCUT2D eigenvalue weighted by atomic mass is 10.1. The maximum atomic E-state index is 12.1. The predicted octanol–water partition coefficient (Wildman–Crippen LogP) is 20.4. The zero-order chi connectivity index (χ0) is 96.2. The number of benzene rings is 6. The van der Waals surface area contributed by atoms with E-state index in [1.165, 1.54) is 78.6 Å². The minimum atomic E-state index is -1.00. The fourth-order valence-electron chi connectivity index (χ4n) is 12.3. The van der Waals surface area contributed by atoms with E-state index in [4.69, 9.17) is 72.3 Å². The highest BCUT2D eigenvalue weighted by Gasteiger charge is 2.20. The van der Waals surface area contributed by atoms with Gasteiger partial charge in [-0.05, 0) is 256 Å². The molecule has 16 rings (SSSR count). The smallest absolute Gasteiger partial charge is 0.247 e. The first-order chi connectivity index (χ1) is 63.0. The third-order valence-corrected chi connectivity index (χ3v) is 24.8. The minimum Gasteiger partial charge on any atom is -0.455 e. The third kappa shape index (κ3) is 40.7. The first kappa shape index (κ1) is 110. The summed E-state index contributed by atoms with van der Waals surface area (Å²) in [6.45, 7) is 25.7. The Labute approximate surface area is 837 Å². The number of anilines is 8. The number of aldehydes is 2. The van der Waals surface area contributed by atoms with Crippen LogP contribution in [0.2, 0.25) is 15.1 Å². The number of nitrogens with two attached hydrogens (primary N) is 3. The van der Waals surface area contributed by atoms with Gasteiger partial charge in [0, 0.05) is 242 Å². The summed E-state index contributed by atoms with van der Waals surface area (Å²) >= 11 is 31.2. The lowest BCUT2D eigenvalue weighted by Gasteiger charge is -2.34. The van der Waals surface area contributed by atoms with Crippen molar-refractivity contribution in [2.45, 2.75) is 7.43 Å². The van der Waals surface area contributed by atoms with Gasteiger partial charge in [0.25, 0.3) is 0 Å². The van der Waals surface area contributed by atoms with Gasteiger partial charge in [-0.3, -0.25) is 23.2 Å². The number of nitrogens with one attached hydrogen (secondary N) is 3. The van der Waals surface area contributed by atoms with Crippen molar-refractivity contribution in [2.24, 2.45) is 0 Å². The number of aromatic nitrogens is 5. The van der Waals surface area contributed by atoms with Gasteiger partial charge in [-0.15, -0.1) is 12.8 Å². The predicted molar refractivity (Wildman–Crippen MR) is 566 cm³/mol. The number of aromatic amines is 1. The Morgan fingerprint density at radius 2 is 0.962 bits per heavy atom. The third-order valence-electron chi connectivity index (χ3n) is 19.7. The van der Waals surface area contributed by atoms with Crippen molar-refractivity contribution in [3.8, 4) is 47.4 Å². The molecule has 5 aliphatic rings. The molecule has 0 spiro atoms. The number of piperazine rings is 5. The molecular weight excluding hydrogens is 2160 g/mol. The molecule has 696 valence electrons. The Morgan fingerprint density at radius 3 is 1.34 bits per heavy atom. The average molecular weight is 2280 g/mol. The molecule has 5 aromatic heterocycles. The standard InChI is InChI=1S/C27H26ClN5O2.2C13H16N2.C12H16N2O.C7H5FO.C5H3BrClIN2.C5H4BrClN2.C5H5BrN2.C5H12N2.2CH3F.CH4.ClI/c1-3-25(34)30-19-5-4-6-21(15-19)35-26-22-16-24(31-27(22)29-17-23(26)28)18-7-9-20(10-8-18)33-13-11-32(2)12-14-33;2*1-3-12-4-6-13(7-5-12)15-10-8-14(2)9-11-15;1-13-6-8-14(9-7-13)12-4-2-11(10-15)3-5-12;8-7-3-1-6(5-9)2-4-7;6-3-2(7)1-10-5(9)4(3)8;6-3-1-5(8)9-2-4(3)7;6-4-1-2-8-5(7)3-4;1-7-4-2-6-3-5-7;2*1-2;;1-2/h3-10,15-17H,1,11-14H2,2H3,(H,29,31)(H,30,34);2*1,4-7H,8-11H2,2H3;2-5,10H,6-9H2,1H3;1-5H;1H,(H2,9,10);1-2H,(H2,8,9);1-3H,(H2,7,8);6H,2-5H2,1H3;2*1H3;1H4;/i;;;;;;;;;2*1D;;. The van der Waals surface area contributed by atoms with Crippen LogP contribution in [-0.4, -0.2) is 248 Å².